The third-order valence-electron chi connectivity index (χ3n) is 3.31. The molecule has 2 aromatic rings. The molecule has 0 unspecified atom stereocenters. The van der Waals surface area contributed by atoms with Gasteiger partial charge in [-0.15, -0.1) is 0 Å². The molecule has 1 heterocycles. The van der Waals surface area contributed by atoms with Gasteiger partial charge in [-0.2, -0.15) is 5.10 Å². The zero-order chi connectivity index (χ0) is 13.8. The lowest BCUT2D eigenvalue weighted by molar-refractivity contribution is 0.295. The topological polar surface area (TPSA) is 53.1 Å². The first kappa shape index (κ1) is 13.5. The van der Waals surface area contributed by atoms with E-state index in [9.17, 15) is 0 Å². The fourth-order valence-corrected chi connectivity index (χ4v) is 2.05. The number of hydrogen-bond acceptors (Lipinski definition) is 3. The zero-order valence-electron chi connectivity index (χ0n) is 11.8. The molecule has 0 saturated carbocycles. The molecule has 19 heavy (non-hydrogen) atoms. The van der Waals surface area contributed by atoms with Crippen molar-refractivity contribution in [2.24, 2.45) is 0 Å². The van der Waals surface area contributed by atoms with E-state index in [1.54, 1.807) is 6.07 Å². The Labute approximate surface area is 114 Å². The number of nitrogens with two attached hydrogens (primary N) is 1. The molecule has 1 aromatic heterocycles. The van der Waals surface area contributed by atoms with Gasteiger partial charge in [-0.25, -0.2) is 0 Å². The summed E-state index contributed by atoms with van der Waals surface area (Å²) in [5.41, 5.74) is 9.24. The van der Waals surface area contributed by atoms with Crippen LogP contribution in [0.1, 0.15) is 23.1 Å². The van der Waals surface area contributed by atoms with E-state index in [0.717, 1.165) is 18.7 Å². The minimum Gasteiger partial charge on any atom is -0.493 e. The highest BCUT2D eigenvalue weighted by molar-refractivity contribution is 5.44. The smallest absolute Gasteiger partial charge is 0.145 e. The van der Waals surface area contributed by atoms with Crippen LogP contribution in [0.5, 0.6) is 5.75 Å². The van der Waals surface area contributed by atoms with Gasteiger partial charge in [-0.1, -0.05) is 12.1 Å². The Morgan fingerprint density at radius 1 is 1.16 bits per heavy atom. The Balaban J connectivity index is 1.88. The molecule has 4 heteroatoms. The second kappa shape index (κ2) is 5.78. The van der Waals surface area contributed by atoms with Gasteiger partial charge in [0, 0.05) is 19.2 Å². The van der Waals surface area contributed by atoms with Crippen molar-refractivity contribution in [1.82, 2.24) is 9.78 Å². The van der Waals surface area contributed by atoms with Crippen molar-refractivity contribution in [2.75, 3.05) is 12.3 Å². The quantitative estimate of drug-likeness (QED) is 0.840. The fourth-order valence-electron chi connectivity index (χ4n) is 2.05. The molecule has 0 radical (unpaired) electrons. The first-order chi connectivity index (χ1) is 9.08. The number of aryl methyl sites for hydroxylation is 3. The van der Waals surface area contributed by atoms with Gasteiger partial charge in [-0.3, -0.25) is 4.68 Å². The number of nitrogens with zero attached hydrogens (tertiary/aromatic N) is 2. The van der Waals surface area contributed by atoms with Gasteiger partial charge in [0.15, 0.2) is 0 Å². The molecule has 0 aliphatic rings. The molecule has 0 fully saturated rings. The van der Waals surface area contributed by atoms with E-state index in [2.05, 4.69) is 38.0 Å². The van der Waals surface area contributed by atoms with Crippen molar-refractivity contribution in [3.63, 3.8) is 0 Å². The summed E-state index contributed by atoms with van der Waals surface area (Å²) in [5.74, 6) is 1.58. The van der Waals surface area contributed by atoms with E-state index < -0.39 is 0 Å². The van der Waals surface area contributed by atoms with Crippen LogP contribution in [0.25, 0.3) is 0 Å². The molecule has 0 bridgehead atoms. The van der Waals surface area contributed by atoms with Crippen molar-refractivity contribution in [2.45, 2.75) is 33.7 Å². The molecular formula is C15H21N3O. The van der Waals surface area contributed by atoms with E-state index in [1.807, 2.05) is 10.9 Å². The number of hydrogen-bond donors (Lipinski definition) is 1. The Bertz CT molecular complexity index is 561. The predicted octanol–water partition coefficient (Wildman–Crippen LogP) is 2.86. The summed E-state index contributed by atoms with van der Waals surface area (Å²) in [6.07, 6.45) is 2.80. The maximum atomic E-state index is 5.90. The minimum absolute atomic E-state index is 0.561. The SMILES string of the molecule is Cc1ccc(C)c(OCCCn2ccc(N)n2)c1C. The third-order valence-corrected chi connectivity index (χ3v) is 3.31. The largest absolute Gasteiger partial charge is 0.493 e. The van der Waals surface area contributed by atoms with Crippen LogP contribution in [0.2, 0.25) is 0 Å². The summed E-state index contributed by atoms with van der Waals surface area (Å²) in [6, 6.07) is 6.03. The summed E-state index contributed by atoms with van der Waals surface area (Å²) < 4.78 is 7.75. The Kier molecular flexibility index (Phi) is 4.10. The molecule has 0 atom stereocenters. The Hall–Kier alpha value is -1.97. The van der Waals surface area contributed by atoms with Crippen LogP contribution in [0.4, 0.5) is 5.82 Å². The van der Waals surface area contributed by atoms with E-state index in [1.165, 1.54) is 16.7 Å². The maximum absolute atomic E-state index is 5.90. The molecule has 0 spiro atoms. The van der Waals surface area contributed by atoms with Crippen LogP contribution < -0.4 is 10.5 Å². The number of anilines is 1. The molecule has 2 N–H and O–H groups in total. The summed E-state index contributed by atoms with van der Waals surface area (Å²) in [6.45, 7) is 7.79. The van der Waals surface area contributed by atoms with Gasteiger partial charge in [0.1, 0.15) is 11.6 Å². The fraction of sp³-hybridized carbons (Fsp3) is 0.400. The summed E-state index contributed by atoms with van der Waals surface area (Å²) >= 11 is 0. The van der Waals surface area contributed by atoms with E-state index in [4.69, 9.17) is 10.5 Å². The van der Waals surface area contributed by atoms with Crippen LogP contribution >= 0.6 is 0 Å². The monoisotopic (exact) mass is 259 g/mol. The van der Waals surface area contributed by atoms with Crippen molar-refractivity contribution in [3.8, 4) is 5.75 Å². The third kappa shape index (κ3) is 3.28. The van der Waals surface area contributed by atoms with Gasteiger partial charge < -0.3 is 10.5 Å². The minimum atomic E-state index is 0.561. The average molecular weight is 259 g/mol. The number of aromatic nitrogens is 2. The van der Waals surface area contributed by atoms with Gasteiger partial charge >= 0.3 is 0 Å². The molecule has 0 aliphatic heterocycles. The van der Waals surface area contributed by atoms with Crippen LogP contribution in [0, 0.1) is 20.8 Å². The highest BCUT2D eigenvalue weighted by atomic mass is 16.5. The normalized spacial score (nSPS) is 10.7. The molecule has 4 nitrogen and oxygen atoms in total. The number of nitrogen functional groups attached to an aromatic ring is 1. The molecular weight excluding hydrogens is 238 g/mol. The van der Waals surface area contributed by atoms with Crippen LogP contribution in [0.15, 0.2) is 24.4 Å². The first-order valence-electron chi connectivity index (χ1n) is 6.56. The van der Waals surface area contributed by atoms with Crippen molar-refractivity contribution in [3.05, 3.63) is 41.1 Å². The average Bonchev–Trinajstić information content (AvgIpc) is 2.79. The molecule has 0 aliphatic carbocycles. The Morgan fingerprint density at radius 2 is 1.89 bits per heavy atom. The summed E-state index contributed by atoms with van der Waals surface area (Å²) in [7, 11) is 0. The first-order valence-corrected chi connectivity index (χ1v) is 6.56. The van der Waals surface area contributed by atoms with E-state index in [-0.39, 0.29) is 0 Å². The zero-order valence-corrected chi connectivity index (χ0v) is 11.8. The van der Waals surface area contributed by atoms with Gasteiger partial charge in [0.05, 0.1) is 6.61 Å². The number of ether oxygens (including phenoxy) is 1. The maximum Gasteiger partial charge on any atom is 0.145 e. The highest BCUT2D eigenvalue weighted by Gasteiger charge is 2.06. The van der Waals surface area contributed by atoms with Crippen molar-refractivity contribution >= 4 is 5.82 Å². The lowest BCUT2D eigenvalue weighted by Gasteiger charge is -2.13. The second-order valence-corrected chi connectivity index (χ2v) is 4.86. The van der Waals surface area contributed by atoms with E-state index in [0.29, 0.717) is 12.4 Å². The van der Waals surface area contributed by atoms with Gasteiger partial charge in [0.2, 0.25) is 0 Å². The van der Waals surface area contributed by atoms with Crippen molar-refractivity contribution in [1.29, 1.82) is 0 Å². The number of rotatable bonds is 5. The summed E-state index contributed by atoms with van der Waals surface area (Å²) in [5, 5.41) is 4.14. The second-order valence-electron chi connectivity index (χ2n) is 4.86. The van der Waals surface area contributed by atoms with Crippen molar-refractivity contribution < 1.29 is 4.74 Å². The highest BCUT2D eigenvalue weighted by Crippen LogP contribution is 2.25. The van der Waals surface area contributed by atoms with Gasteiger partial charge in [-0.05, 0) is 43.5 Å². The summed E-state index contributed by atoms with van der Waals surface area (Å²) in [4.78, 5) is 0. The van der Waals surface area contributed by atoms with Gasteiger partial charge in [0.25, 0.3) is 0 Å². The standard InChI is InChI=1S/C15H21N3O/c1-11-5-6-12(2)15(13(11)3)19-10-4-8-18-9-7-14(16)17-18/h5-7,9H,4,8,10H2,1-3H3,(H2,16,17). The lowest BCUT2D eigenvalue weighted by atomic mass is 10.1. The molecule has 2 rings (SSSR count). The van der Waals surface area contributed by atoms with Crippen LogP contribution in [0.3, 0.4) is 0 Å². The van der Waals surface area contributed by atoms with E-state index >= 15 is 0 Å². The number of benzene rings is 1. The predicted molar refractivity (Wildman–Crippen MR) is 77.4 cm³/mol. The van der Waals surface area contributed by atoms with Crippen LogP contribution in [-0.2, 0) is 6.54 Å². The van der Waals surface area contributed by atoms with Crippen LogP contribution in [-0.4, -0.2) is 16.4 Å². The molecule has 1 aromatic carbocycles. The Morgan fingerprint density at radius 3 is 2.58 bits per heavy atom. The molecule has 102 valence electrons. The molecule has 0 saturated heterocycles. The molecule has 0 amide bonds. The lowest BCUT2D eigenvalue weighted by Crippen LogP contribution is -2.07.